The van der Waals surface area contributed by atoms with E-state index in [1.165, 1.54) is 0 Å². The largest absolute Gasteiger partial charge is 0.478 e. The molecule has 0 unspecified atom stereocenters. The molecule has 3 heterocycles. The number of hydrogen-bond acceptors (Lipinski definition) is 4. The second kappa shape index (κ2) is 4.41. The van der Waals surface area contributed by atoms with Crippen molar-refractivity contribution in [1.29, 1.82) is 0 Å². The van der Waals surface area contributed by atoms with Crippen molar-refractivity contribution < 1.29 is 9.90 Å². The van der Waals surface area contributed by atoms with Gasteiger partial charge >= 0.3 is 5.97 Å². The molecule has 6 heteroatoms. The lowest BCUT2D eigenvalue weighted by Crippen LogP contribution is -1.99. The van der Waals surface area contributed by atoms with Gasteiger partial charge in [0.1, 0.15) is 5.65 Å². The third kappa shape index (κ3) is 1.82. The summed E-state index contributed by atoms with van der Waals surface area (Å²) < 4.78 is 1.70. The van der Waals surface area contributed by atoms with Gasteiger partial charge in [0.15, 0.2) is 5.82 Å². The number of aromatic nitrogens is 4. The molecule has 0 atom stereocenters. The van der Waals surface area contributed by atoms with Crippen molar-refractivity contribution in [1.82, 2.24) is 19.5 Å². The van der Waals surface area contributed by atoms with Crippen LogP contribution in [0.4, 0.5) is 0 Å². The molecule has 0 spiro atoms. The van der Waals surface area contributed by atoms with Crippen LogP contribution in [0.2, 0.25) is 0 Å². The van der Waals surface area contributed by atoms with Gasteiger partial charge in [-0.25, -0.2) is 14.8 Å². The van der Waals surface area contributed by atoms with E-state index in [-0.39, 0.29) is 5.56 Å². The second-order valence-electron chi connectivity index (χ2n) is 4.53. The van der Waals surface area contributed by atoms with E-state index in [2.05, 4.69) is 15.0 Å². The number of carbonyl (C=O) groups is 1. The lowest BCUT2D eigenvalue weighted by molar-refractivity contribution is 0.0698. The number of carboxylic acid groups (broad SMARTS) is 1. The fraction of sp³-hybridized carbons (Fsp3) is 0.143. The first-order valence-electron chi connectivity index (χ1n) is 6.05. The highest BCUT2D eigenvalue weighted by Crippen LogP contribution is 2.24. The molecule has 3 rings (SSSR count). The topological polar surface area (TPSA) is 80.9 Å². The molecule has 3 aromatic rings. The highest BCUT2D eigenvalue weighted by atomic mass is 16.4. The molecule has 0 amide bonds. The van der Waals surface area contributed by atoms with Crippen LogP contribution < -0.4 is 0 Å². The molecule has 0 saturated heterocycles. The van der Waals surface area contributed by atoms with E-state index < -0.39 is 5.97 Å². The Labute approximate surface area is 114 Å². The first kappa shape index (κ1) is 12.3. The Hall–Kier alpha value is -2.76. The monoisotopic (exact) mass is 268 g/mol. The highest BCUT2D eigenvalue weighted by Gasteiger charge is 2.18. The fourth-order valence-corrected chi connectivity index (χ4v) is 2.23. The summed E-state index contributed by atoms with van der Waals surface area (Å²) in [5, 5.41) is 9.80. The van der Waals surface area contributed by atoms with Crippen LogP contribution in [0.3, 0.4) is 0 Å². The maximum Gasteiger partial charge on any atom is 0.338 e. The zero-order chi connectivity index (χ0) is 14.3. The zero-order valence-electron chi connectivity index (χ0n) is 11.0. The average Bonchev–Trinajstić information content (AvgIpc) is 2.78. The Morgan fingerprint density at radius 1 is 1.35 bits per heavy atom. The summed E-state index contributed by atoms with van der Waals surface area (Å²) in [6.07, 6.45) is 4.92. The van der Waals surface area contributed by atoms with E-state index in [1.807, 2.05) is 12.1 Å². The number of hydrogen-bond donors (Lipinski definition) is 1. The minimum atomic E-state index is -0.976. The van der Waals surface area contributed by atoms with Crippen molar-refractivity contribution in [3.05, 3.63) is 42.0 Å². The van der Waals surface area contributed by atoms with Crippen molar-refractivity contribution in [2.24, 2.45) is 7.05 Å². The average molecular weight is 268 g/mol. The van der Waals surface area contributed by atoms with Crippen molar-refractivity contribution in [2.75, 3.05) is 0 Å². The number of carboxylic acids is 1. The van der Waals surface area contributed by atoms with E-state index in [9.17, 15) is 9.90 Å². The van der Waals surface area contributed by atoms with Gasteiger partial charge in [-0.15, -0.1) is 0 Å². The smallest absolute Gasteiger partial charge is 0.338 e. The lowest BCUT2D eigenvalue weighted by atomic mass is 10.2. The Bertz CT molecular complexity index is 809. The predicted molar refractivity (Wildman–Crippen MR) is 73.4 cm³/mol. The summed E-state index contributed by atoms with van der Waals surface area (Å²) in [5.41, 5.74) is 2.27. The lowest BCUT2D eigenvalue weighted by Gasteiger charge is -2.04. The highest BCUT2D eigenvalue weighted by molar-refractivity contribution is 6.03. The van der Waals surface area contributed by atoms with Crippen molar-refractivity contribution in [3.63, 3.8) is 0 Å². The third-order valence-corrected chi connectivity index (χ3v) is 3.15. The van der Waals surface area contributed by atoms with Gasteiger partial charge in [0, 0.05) is 31.2 Å². The molecular weight excluding hydrogens is 256 g/mol. The van der Waals surface area contributed by atoms with Crippen LogP contribution in [0.15, 0.2) is 30.7 Å². The molecule has 100 valence electrons. The number of aryl methyl sites for hydroxylation is 2. The molecule has 0 aliphatic heterocycles. The normalized spacial score (nSPS) is 10.9. The third-order valence-electron chi connectivity index (χ3n) is 3.15. The maximum atomic E-state index is 11.3. The predicted octanol–water partition coefficient (Wildman–Crippen LogP) is 2.04. The van der Waals surface area contributed by atoms with Crippen LogP contribution in [0.5, 0.6) is 0 Å². The Morgan fingerprint density at radius 2 is 2.15 bits per heavy atom. The van der Waals surface area contributed by atoms with Crippen LogP contribution in [-0.4, -0.2) is 30.6 Å². The summed E-state index contributed by atoms with van der Waals surface area (Å²) in [6, 6.07) is 3.68. The minimum Gasteiger partial charge on any atom is -0.478 e. The second-order valence-corrected chi connectivity index (χ2v) is 4.53. The van der Waals surface area contributed by atoms with Gasteiger partial charge in [-0.1, -0.05) is 0 Å². The number of fused-ring (bicyclic) bond motifs is 1. The standard InChI is InChI=1S/C14H12N4O2/c1-8-11-10(14(19)20)7-18(2)13(11)17-12(16-8)9-4-3-5-15-6-9/h3-7H,1-2H3,(H,19,20). The van der Waals surface area contributed by atoms with E-state index in [1.54, 1.807) is 37.1 Å². The van der Waals surface area contributed by atoms with Crippen LogP contribution in [-0.2, 0) is 7.05 Å². The summed E-state index contributed by atoms with van der Waals surface area (Å²) in [7, 11) is 1.77. The fourth-order valence-electron chi connectivity index (χ4n) is 2.23. The molecule has 0 aromatic carbocycles. The Morgan fingerprint density at radius 3 is 2.80 bits per heavy atom. The summed E-state index contributed by atoms with van der Waals surface area (Å²) in [5.74, 6) is -0.433. The number of rotatable bonds is 2. The van der Waals surface area contributed by atoms with E-state index >= 15 is 0 Å². The zero-order valence-corrected chi connectivity index (χ0v) is 11.0. The molecule has 0 bridgehead atoms. The molecule has 0 saturated carbocycles. The summed E-state index contributed by atoms with van der Waals surface area (Å²) in [6.45, 7) is 1.79. The minimum absolute atomic E-state index is 0.220. The molecule has 20 heavy (non-hydrogen) atoms. The van der Waals surface area contributed by atoms with E-state index in [0.717, 1.165) is 5.56 Å². The van der Waals surface area contributed by atoms with Gasteiger partial charge in [0.2, 0.25) is 0 Å². The SMILES string of the molecule is Cc1nc(-c2cccnc2)nc2c1c(C(=O)O)cn2C. The van der Waals surface area contributed by atoms with Crippen LogP contribution in [0.25, 0.3) is 22.4 Å². The quantitative estimate of drug-likeness (QED) is 0.769. The first-order chi connectivity index (χ1) is 9.58. The van der Waals surface area contributed by atoms with Gasteiger partial charge in [-0.2, -0.15) is 0 Å². The number of pyridine rings is 1. The molecule has 0 aliphatic carbocycles. The van der Waals surface area contributed by atoms with Crippen LogP contribution in [0, 0.1) is 6.92 Å². The molecule has 0 aliphatic rings. The summed E-state index contributed by atoms with van der Waals surface area (Å²) in [4.78, 5) is 24.2. The van der Waals surface area contributed by atoms with Crippen LogP contribution >= 0.6 is 0 Å². The van der Waals surface area contributed by atoms with Crippen molar-refractivity contribution >= 4 is 17.0 Å². The number of aromatic carboxylic acids is 1. The van der Waals surface area contributed by atoms with Crippen molar-refractivity contribution in [2.45, 2.75) is 6.92 Å². The van der Waals surface area contributed by atoms with Gasteiger partial charge < -0.3 is 9.67 Å². The van der Waals surface area contributed by atoms with E-state index in [4.69, 9.17) is 0 Å². The van der Waals surface area contributed by atoms with Gasteiger partial charge in [-0.05, 0) is 19.1 Å². The molecule has 0 radical (unpaired) electrons. The number of nitrogens with zero attached hydrogens (tertiary/aromatic N) is 4. The van der Waals surface area contributed by atoms with Gasteiger partial charge in [-0.3, -0.25) is 4.98 Å². The Kier molecular flexibility index (Phi) is 2.71. The summed E-state index contributed by atoms with van der Waals surface area (Å²) >= 11 is 0. The molecule has 3 aromatic heterocycles. The first-order valence-corrected chi connectivity index (χ1v) is 6.05. The van der Waals surface area contributed by atoms with Gasteiger partial charge in [0.25, 0.3) is 0 Å². The maximum absolute atomic E-state index is 11.3. The molecule has 1 N–H and O–H groups in total. The Balaban J connectivity index is 2.31. The van der Waals surface area contributed by atoms with Gasteiger partial charge in [0.05, 0.1) is 16.6 Å². The molecule has 0 fully saturated rings. The van der Waals surface area contributed by atoms with E-state index in [0.29, 0.717) is 22.6 Å². The van der Waals surface area contributed by atoms with Crippen LogP contribution in [0.1, 0.15) is 16.1 Å². The molecule has 6 nitrogen and oxygen atoms in total. The molecular formula is C14H12N4O2. The van der Waals surface area contributed by atoms with Crippen molar-refractivity contribution in [3.8, 4) is 11.4 Å².